The molecule has 0 aliphatic carbocycles. The number of hydrogen-bond donors (Lipinski definition) is 1. The lowest BCUT2D eigenvalue weighted by Gasteiger charge is -2.09. The van der Waals surface area contributed by atoms with Crippen LogP contribution in [0.5, 0.6) is 0 Å². The molecule has 0 aromatic heterocycles. The summed E-state index contributed by atoms with van der Waals surface area (Å²) in [4.78, 5) is 11.2. The standard InChI is InChI=1S/C17H19NO/c1-12(2)14-4-8-16(9-5-14)18-17-10-6-15(7-11-17)13(3)19/h4-12,18H,1-3H3. The highest BCUT2D eigenvalue weighted by Gasteiger charge is 2.01. The fraction of sp³-hybridized carbons (Fsp3) is 0.235. The molecule has 0 bridgehead atoms. The van der Waals surface area contributed by atoms with E-state index in [0.717, 1.165) is 16.9 Å². The molecule has 2 heteroatoms. The number of carbonyl (C=O) groups excluding carboxylic acids is 1. The van der Waals surface area contributed by atoms with Crippen molar-refractivity contribution in [2.45, 2.75) is 26.7 Å². The molecule has 0 atom stereocenters. The summed E-state index contributed by atoms with van der Waals surface area (Å²) in [5.41, 5.74) is 4.11. The monoisotopic (exact) mass is 253 g/mol. The second kappa shape index (κ2) is 5.70. The van der Waals surface area contributed by atoms with Crippen molar-refractivity contribution in [3.8, 4) is 0 Å². The van der Waals surface area contributed by atoms with Crippen LogP contribution in [0.15, 0.2) is 48.5 Å². The number of rotatable bonds is 4. The molecule has 2 aromatic carbocycles. The maximum atomic E-state index is 11.2. The van der Waals surface area contributed by atoms with Crippen molar-refractivity contribution in [1.29, 1.82) is 0 Å². The molecule has 0 saturated carbocycles. The average molecular weight is 253 g/mol. The van der Waals surface area contributed by atoms with Gasteiger partial charge in [0, 0.05) is 16.9 Å². The predicted molar refractivity (Wildman–Crippen MR) is 80.3 cm³/mol. The molecule has 0 saturated heterocycles. The van der Waals surface area contributed by atoms with Crippen LogP contribution in [0.25, 0.3) is 0 Å². The summed E-state index contributed by atoms with van der Waals surface area (Å²) in [7, 11) is 0. The zero-order valence-electron chi connectivity index (χ0n) is 11.6. The molecule has 0 aliphatic rings. The molecular formula is C17H19NO. The van der Waals surface area contributed by atoms with Crippen molar-refractivity contribution in [2.24, 2.45) is 0 Å². The van der Waals surface area contributed by atoms with Crippen molar-refractivity contribution in [1.82, 2.24) is 0 Å². The number of Topliss-reactive ketones (excluding diaryl/α,β-unsaturated/α-hetero) is 1. The van der Waals surface area contributed by atoms with E-state index < -0.39 is 0 Å². The van der Waals surface area contributed by atoms with E-state index in [0.29, 0.717) is 5.92 Å². The van der Waals surface area contributed by atoms with Gasteiger partial charge in [0.15, 0.2) is 5.78 Å². The number of carbonyl (C=O) groups is 1. The van der Waals surface area contributed by atoms with Crippen LogP contribution in [0.4, 0.5) is 11.4 Å². The van der Waals surface area contributed by atoms with Gasteiger partial charge in [-0.05, 0) is 54.8 Å². The molecule has 2 aromatic rings. The van der Waals surface area contributed by atoms with Crippen LogP contribution >= 0.6 is 0 Å². The summed E-state index contributed by atoms with van der Waals surface area (Å²) in [5, 5.41) is 3.32. The van der Waals surface area contributed by atoms with Gasteiger partial charge in [-0.15, -0.1) is 0 Å². The van der Waals surface area contributed by atoms with Crippen LogP contribution in [0, 0.1) is 0 Å². The third-order valence-electron chi connectivity index (χ3n) is 3.16. The van der Waals surface area contributed by atoms with Gasteiger partial charge in [-0.3, -0.25) is 4.79 Å². The third kappa shape index (κ3) is 3.44. The molecule has 0 amide bonds. The minimum absolute atomic E-state index is 0.0906. The molecule has 0 heterocycles. The number of hydrogen-bond acceptors (Lipinski definition) is 2. The summed E-state index contributed by atoms with van der Waals surface area (Å²) in [6.07, 6.45) is 0. The first kappa shape index (κ1) is 13.3. The van der Waals surface area contributed by atoms with Gasteiger partial charge < -0.3 is 5.32 Å². The Kier molecular flexibility index (Phi) is 4.00. The molecular weight excluding hydrogens is 234 g/mol. The largest absolute Gasteiger partial charge is 0.356 e. The van der Waals surface area contributed by atoms with Crippen LogP contribution in [-0.4, -0.2) is 5.78 Å². The van der Waals surface area contributed by atoms with Gasteiger partial charge in [0.05, 0.1) is 0 Å². The number of benzene rings is 2. The number of anilines is 2. The fourth-order valence-electron chi connectivity index (χ4n) is 1.91. The Morgan fingerprint density at radius 2 is 1.37 bits per heavy atom. The Morgan fingerprint density at radius 1 is 0.895 bits per heavy atom. The first-order chi connectivity index (χ1) is 9.06. The molecule has 1 N–H and O–H groups in total. The van der Waals surface area contributed by atoms with Gasteiger partial charge in [-0.2, -0.15) is 0 Å². The SMILES string of the molecule is CC(=O)c1ccc(Nc2ccc(C(C)C)cc2)cc1. The highest BCUT2D eigenvalue weighted by Crippen LogP contribution is 2.20. The molecule has 19 heavy (non-hydrogen) atoms. The molecule has 0 aliphatic heterocycles. The second-order valence-corrected chi connectivity index (χ2v) is 5.04. The van der Waals surface area contributed by atoms with Crippen LogP contribution in [0.2, 0.25) is 0 Å². The van der Waals surface area contributed by atoms with E-state index in [4.69, 9.17) is 0 Å². The lowest BCUT2D eigenvalue weighted by Crippen LogP contribution is -1.94. The Balaban J connectivity index is 2.10. The summed E-state index contributed by atoms with van der Waals surface area (Å²) in [6.45, 7) is 5.94. The van der Waals surface area contributed by atoms with Gasteiger partial charge in [-0.1, -0.05) is 26.0 Å². The van der Waals surface area contributed by atoms with Crippen molar-refractivity contribution >= 4 is 17.2 Å². The van der Waals surface area contributed by atoms with Gasteiger partial charge in [-0.25, -0.2) is 0 Å². The van der Waals surface area contributed by atoms with Crippen molar-refractivity contribution in [2.75, 3.05) is 5.32 Å². The molecule has 0 radical (unpaired) electrons. The summed E-state index contributed by atoms with van der Waals surface area (Å²) >= 11 is 0. The number of nitrogens with one attached hydrogen (secondary N) is 1. The summed E-state index contributed by atoms with van der Waals surface area (Å²) < 4.78 is 0. The quantitative estimate of drug-likeness (QED) is 0.796. The van der Waals surface area contributed by atoms with Crippen molar-refractivity contribution < 1.29 is 4.79 Å². The summed E-state index contributed by atoms with van der Waals surface area (Å²) in [6, 6.07) is 16.0. The van der Waals surface area contributed by atoms with Crippen LogP contribution in [-0.2, 0) is 0 Å². The minimum Gasteiger partial charge on any atom is -0.356 e. The van der Waals surface area contributed by atoms with E-state index in [2.05, 4.69) is 43.4 Å². The Bertz CT molecular complexity index is 553. The summed E-state index contributed by atoms with van der Waals surface area (Å²) in [5.74, 6) is 0.636. The zero-order chi connectivity index (χ0) is 13.8. The maximum Gasteiger partial charge on any atom is 0.159 e. The first-order valence-electron chi connectivity index (χ1n) is 6.54. The maximum absolute atomic E-state index is 11.2. The third-order valence-corrected chi connectivity index (χ3v) is 3.16. The number of ketones is 1. The van der Waals surface area contributed by atoms with E-state index in [1.165, 1.54) is 5.56 Å². The molecule has 2 nitrogen and oxygen atoms in total. The Hall–Kier alpha value is -2.09. The van der Waals surface area contributed by atoms with E-state index in [9.17, 15) is 4.79 Å². The fourth-order valence-corrected chi connectivity index (χ4v) is 1.91. The van der Waals surface area contributed by atoms with E-state index in [1.54, 1.807) is 6.92 Å². The van der Waals surface area contributed by atoms with Crippen LogP contribution < -0.4 is 5.32 Å². The highest BCUT2D eigenvalue weighted by molar-refractivity contribution is 5.94. The molecule has 0 fully saturated rings. The lowest BCUT2D eigenvalue weighted by atomic mass is 10.0. The van der Waals surface area contributed by atoms with Gasteiger partial charge in [0.1, 0.15) is 0 Å². The molecule has 0 spiro atoms. The van der Waals surface area contributed by atoms with Crippen molar-refractivity contribution in [3.63, 3.8) is 0 Å². The van der Waals surface area contributed by atoms with E-state index in [1.807, 2.05) is 24.3 Å². The van der Waals surface area contributed by atoms with E-state index in [-0.39, 0.29) is 5.78 Å². The van der Waals surface area contributed by atoms with Crippen LogP contribution in [0.3, 0.4) is 0 Å². The molecule has 0 unspecified atom stereocenters. The van der Waals surface area contributed by atoms with E-state index >= 15 is 0 Å². The average Bonchev–Trinajstić information content (AvgIpc) is 2.40. The molecule has 2 rings (SSSR count). The highest BCUT2D eigenvalue weighted by atomic mass is 16.1. The smallest absolute Gasteiger partial charge is 0.159 e. The Labute approximate surface area is 114 Å². The van der Waals surface area contributed by atoms with Crippen LogP contribution in [0.1, 0.15) is 42.6 Å². The minimum atomic E-state index is 0.0906. The lowest BCUT2D eigenvalue weighted by molar-refractivity contribution is 0.101. The second-order valence-electron chi connectivity index (χ2n) is 5.04. The van der Waals surface area contributed by atoms with Gasteiger partial charge >= 0.3 is 0 Å². The van der Waals surface area contributed by atoms with Gasteiger partial charge in [0.2, 0.25) is 0 Å². The van der Waals surface area contributed by atoms with Crippen molar-refractivity contribution in [3.05, 3.63) is 59.7 Å². The normalized spacial score (nSPS) is 10.5. The topological polar surface area (TPSA) is 29.1 Å². The first-order valence-corrected chi connectivity index (χ1v) is 6.54. The predicted octanol–water partition coefficient (Wildman–Crippen LogP) is 4.76. The zero-order valence-corrected chi connectivity index (χ0v) is 11.6. The Morgan fingerprint density at radius 3 is 1.79 bits per heavy atom. The molecule has 98 valence electrons. The van der Waals surface area contributed by atoms with Gasteiger partial charge in [0.25, 0.3) is 0 Å².